The second-order valence-corrected chi connectivity index (χ2v) is 6.36. The van der Waals surface area contributed by atoms with Crippen molar-refractivity contribution in [2.45, 2.75) is 26.3 Å². The first-order valence-electron chi connectivity index (χ1n) is 7.06. The number of aromatic nitrogens is 2. The van der Waals surface area contributed by atoms with Crippen LogP contribution >= 0.6 is 11.3 Å². The van der Waals surface area contributed by atoms with Crippen LogP contribution in [-0.2, 0) is 6.54 Å². The van der Waals surface area contributed by atoms with E-state index in [0.29, 0.717) is 0 Å². The third kappa shape index (κ3) is 2.99. The van der Waals surface area contributed by atoms with E-state index < -0.39 is 0 Å². The molecule has 1 aliphatic rings. The molecule has 0 bridgehead atoms. The lowest BCUT2D eigenvalue weighted by atomic mass is 9.98. The van der Waals surface area contributed by atoms with Crippen molar-refractivity contribution < 1.29 is 0 Å². The highest BCUT2D eigenvalue weighted by atomic mass is 32.1. The van der Waals surface area contributed by atoms with Crippen molar-refractivity contribution in [1.29, 1.82) is 0 Å². The summed E-state index contributed by atoms with van der Waals surface area (Å²) in [6.45, 7) is 5.34. The van der Waals surface area contributed by atoms with Crippen LogP contribution in [0.1, 0.15) is 25.3 Å². The minimum atomic E-state index is -0.121. The van der Waals surface area contributed by atoms with Gasteiger partial charge in [-0.25, -0.2) is 5.10 Å². The van der Waals surface area contributed by atoms with E-state index in [-0.39, 0.29) is 5.56 Å². The van der Waals surface area contributed by atoms with Crippen molar-refractivity contribution in [2.24, 2.45) is 5.92 Å². The van der Waals surface area contributed by atoms with Crippen LogP contribution in [0.2, 0.25) is 0 Å². The SMILES string of the molecule is CC1CCN(Cc2cc(=O)[nH]nc2-c2ccsc2)CC1. The summed E-state index contributed by atoms with van der Waals surface area (Å²) >= 11 is 1.65. The first kappa shape index (κ1) is 13.5. The number of aromatic amines is 1. The zero-order valence-electron chi connectivity index (χ0n) is 11.6. The second-order valence-electron chi connectivity index (χ2n) is 5.58. The Bertz CT molecular complexity index is 612. The highest BCUT2D eigenvalue weighted by molar-refractivity contribution is 7.08. The summed E-state index contributed by atoms with van der Waals surface area (Å²) in [5.41, 5.74) is 2.90. The third-order valence-corrected chi connectivity index (χ3v) is 4.64. The molecule has 1 saturated heterocycles. The molecule has 1 fully saturated rings. The van der Waals surface area contributed by atoms with Gasteiger partial charge in [-0.2, -0.15) is 16.4 Å². The molecule has 5 heteroatoms. The quantitative estimate of drug-likeness (QED) is 0.945. The molecular weight excluding hydrogens is 270 g/mol. The van der Waals surface area contributed by atoms with Crippen LogP contribution in [0.4, 0.5) is 0 Å². The summed E-state index contributed by atoms with van der Waals surface area (Å²) in [6.07, 6.45) is 2.48. The molecule has 0 radical (unpaired) electrons. The minimum Gasteiger partial charge on any atom is -0.299 e. The van der Waals surface area contributed by atoms with Crippen molar-refractivity contribution in [3.63, 3.8) is 0 Å². The maximum atomic E-state index is 11.6. The van der Waals surface area contributed by atoms with E-state index in [1.807, 2.05) is 11.4 Å². The Hall–Kier alpha value is -1.46. The predicted octanol–water partition coefficient (Wildman–Crippen LogP) is 2.73. The zero-order valence-corrected chi connectivity index (χ0v) is 12.4. The number of rotatable bonds is 3. The zero-order chi connectivity index (χ0) is 13.9. The number of hydrogen-bond donors (Lipinski definition) is 1. The first-order chi connectivity index (χ1) is 9.72. The topological polar surface area (TPSA) is 49.0 Å². The van der Waals surface area contributed by atoms with E-state index in [1.165, 1.54) is 12.8 Å². The monoisotopic (exact) mass is 289 g/mol. The molecule has 0 aromatic carbocycles. The number of likely N-dealkylation sites (tertiary alicyclic amines) is 1. The number of piperidine rings is 1. The van der Waals surface area contributed by atoms with Crippen molar-refractivity contribution >= 4 is 11.3 Å². The van der Waals surface area contributed by atoms with Crippen molar-refractivity contribution in [2.75, 3.05) is 13.1 Å². The number of thiophene rings is 1. The molecule has 0 atom stereocenters. The fourth-order valence-electron chi connectivity index (χ4n) is 2.67. The maximum Gasteiger partial charge on any atom is 0.264 e. The molecule has 3 heterocycles. The fourth-order valence-corrected chi connectivity index (χ4v) is 3.31. The molecule has 0 aliphatic carbocycles. The Morgan fingerprint density at radius 1 is 1.45 bits per heavy atom. The Kier molecular flexibility index (Phi) is 3.98. The van der Waals surface area contributed by atoms with E-state index >= 15 is 0 Å². The molecule has 0 saturated carbocycles. The van der Waals surface area contributed by atoms with Gasteiger partial charge >= 0.3 is 0 Å². The lowest BCUT2D eigenvalue weighted by Crippen LogP contribution is -2.33. The van der Waals surface area contributed by atoms with Gasteiger partial charge in [0, 0.05) is 23.6 Å². The molecular formula is C15H19N3OS. The lowest BCUT2D eigenvalue weighted by Gasteiger charge is -2.30. The molecule has 0 spiro atoms. The summed E-state index contributed by atoms with van der Waals surface area (Å²) in [5.74, 6) is 0.819. The van der Waals surface area contributed by atoms with Gasteiger partial charge in [-0.05, 0) is 48.9 Å². The number of hydrogen-bond acceptors (Lipinski definition) is 4. The van der Waals surface area contributed by atoms with Crippen molar-refractivity contribution in [1.82, 2.24) is 15.1 Å². The van der Waals surface area contributed by atoms with Crippen LogP contribution in [0.3, 0.4) is 0 Å². The van der Waals surface area contributed by atoms with Crippen LogP contribution in [0.5, 0.6) is 0 Å². The largest absolute Gasteiger partial charge is 0.299 e. The van der Waals surface area contributed by atoms with Gasteiger partial charge in [0.2, 0.25) is 0 Å². The summed E-state index contributed by atoms with van der Waals surface area (Å²) in [4.78, 5) is 14.0. The average molecular weight is 289 g/mol. The molecule has 2 aromatic heterocycles. The maximum absolute atomic E-state index is 11.6. The molecule has 0 unspecified atom stereocenters. The summed E-state index contributed by atoms with van der Waals surface area (Å²) in [7, 11) is 0. The van der Waals surface area contributed by atoms with Crippen LogP contribution in [0.15, 0.2) is 27.7 Å². The fraction of sp³-hybridized carbons (Fsp3) is 0.467. The van der Waals surface area contributed by atoms with Crippen LogP contribution in [0, 0.1) is 5.92 Å². The Labute approximate surface area is 122 Å². The van der Waals surface area contributed by atoms with Gasteiger partial charge in [-0.15, -0.1) is 0 Å². The highest BCUT2D eigenvalue weighted by Gasteiger charge is 2.18. The number of nitrogens with one attached hydrogen (secondary N) is 1. The molecule has 4 nitrogen and oxygen atoms in total. The van der Waals surface area contributed by atoms with Gasteiger partial charge in [-0.1, -0.05) is 6.92 Å². The molecule has 1 N–H and O–H groups in total. The van der Waals surface area contributed by atoms with Gasteiger partial charge in [0.25, 0.3) is 5.56 Å². The van der Waals surface area contributed by atoms with Crippen molar-refractivity contribution in [3.05, 3.63) is 38.8 Å². The smallest absolute Gasteiger partial charge is 0.264 e. The normalized spacial score (nSPS) is 17.4. The van der Waals surface area contributed by atoms with Gasteiger partial charge in [0.1, 0.15) is 0 Å². The molecule has 1 aliphatic heterocycles. The summed E-state index contributed by atoms with van der Waals surface area (Å²) in [5, 5.41) is 10.9. The molecule has 0 amide bonds. The van der Waals surface area contributed by atoms with E-state index in [4.69, 9.17) is 0 Å². The van der Waals surface area contributed by atoms with Gasteiger partial charge in [0.05, 0.1) is 5.69 Å². The summed E-state index contributed by atoms with van der Waals surface area (Å²) in [6, 6.07) is 3.74. The van der Waals surface area contributed by atoms with Crippen LogP contribution in [0.25, 0.3) is 11.3 Å². The third-order valence-electron chi connectivity index (χ3n) is 3.95. The van der Waals surface area contributed by atoms with Gasteiger partial charge < -0.3 is 0 Å². The van der Waals surface area contributed by atoms with E-state index in [2.05, 4.69) is 27.4 Å². The van der Waals surface area contributed by atoms with Gasteiger partial charge in [0.15, 0.2) is 0 Å². The molecule has 20 heavy (non-hydrogen) atoms. The van der Waals surface area contributed by atoms with E-state index in [1.54, 1.807) is 17.4 Å². The average Bonchev–Trinajstić information content (AvgIpc) is 2.95. The predicted molar refractivity (Wildman–Crippen MR) is 81.8 cm³/mol. The van der Waals surface area contributed by atoms with E-state index in [9.17, 15) is 4.79 Å². The summed E-state index contributed by atoms with van der Waals surface area (Å²) < 4.78 is 0. The van der Waals surface area contributed by atoms with Gasteiger partial charge in [-0.3, -0.25) is 9.69 Å². The first-order valence-corrected chi connectivity index (χ1v) is 8.00. The Morgan fingerprint density at radius 3 is 2.95 bits per heavy atom. The standard InChI is InChI=1S/C15H19N3OS/c1-11-2-5-18(6-3-11)9-13-8-14(19)16-17-15(13)12-4-7-20-10-12/h4,7-8,10-11H,2-3,5-6,9H2,1H3,(H,16,19). The molecule has 106 valence electrons. The van der Waals surface area contributed by atoms with Crippen LogP contribution < -0.4 is 5.56 Å². The highest BCUT2D eigenvalue weighted by Crippen LogP contribution is 2.25. The second kappa shape index (κ2) is 5.89. The number of nitrogens with zero attached hydrogens (tertiary/aromatic N) is 2. The number of H-pyrrole nitrogens is 1. The lowest BCUT2D eigenvalue weighted by molar-refractivity contribution is 0.185. The Balaban J connectivity index is 1.85. The molecule has 3 rings (SSSR count). The molecule has 2 aromatic rings. The van der Waals surface area contributed by atoms with Crippen molar-refractivity contribution in [3.8, 4) is 11.3 Å². The van der Waals surface area contributed by atoms with E-state index in [0.717, 1.165) is 42.4 Å². The Morgan fingerprint density at radius 2 is 2.25 bits per heavy atom. The van der Waals surface area contributed by atoms with Crippen LogP contribution in [-0.4, -0.2) is 28.2 Å². The minimum absolute atomic E-state index is 0.121.